The Balaban J connectivity index is 1.18. The molecule has 2 aromatic carbocycles. The number of nitrogens with zero attached hydrogens (tertiary/aromatic N) is 5. The van der Waals surface area contributed by atoms with Gasteiger partial charge in [-0.05, 0) is 48.5 Å². The molecule has 1 aliphatic rings. The third-order valence-electron chi connectivity index (χ3n) is 5.95. The average Bonchev–Trinajstić information content (AvgIpc) is 3.36. The third-order valence-corrected chi connectivity index (χ3v) is 5.95. The summed E-state index contributed by atoms with van der Waals surface area (Å²) in [5.41, 5.74) is 2.09. The molecule has 0 N–H and O–H groups in total. The summed E-state index contributed by atoms with van der Waals surface area (Å²) in [6.45, 7) is 3.20. The van der Waals surface area contributed by atoms with Crippen LogP contribution in [0.3, 0.4) is 0 Å². The van der Waals surface area contributed by atoms with Crippen molar-refractivity contribution in [2.45, 2.75) is 6.54 Å². The fraction of sp³-hybridized carbons (Fsp3) is 0.280. The SMILES string of the molecule is COc1ccc(-c2noc(CN3CCN(C(=O)c4ccc5cc(OC)ccc5n4)CC3)n2)cc1. The maximum atomic E-state index is 13.0. The van der Waals surface area contributed by atoms with E-state index in [4.69, 9.17) is 14.0 Å². The summed E-state index contributed by atoms with van der Waals surface area (Å²) in [5, 5.41) is 5.03. The van der Waals surface area contributed by atoms with Gasteiger partial charge < -0.3 is 18.9 Å². The normalized spacial score (nSPS) is 14.4. The second-order valence-corrected chi connectivity index (χ2v) is 8.06. The van der Waals surface area contributed by atoms with Gasteiger partial charge >= 0.3 is 0 Å². The number of rotatable bonds is 6. The molecule has 4 aromatic rings. The van der Waals surface area contributed by atoms with Crippen LogP contribution >= 0.6 is 0 Å². The van der Waals surface area contributed by atoms with Crippen LogP contribution in [-0.2, 0) is 6.54 Å². The van der Waals surface area contributed by atoms with Crippen LogP contribution in [0.4, 0.5) is 0 Å². The molecule has 0 unspecified atom stereocenters. The number of pyridine rings is 1. The Morgan fingerprint density at radius 1 is 0.912 bits per heavy atom. The zero-order valence-corrected chi connectivity index (χ0v) is 19.1. The predicted molar refractivity (Wildman–Crippen MR) is 126 cm³/mol. The molecule has 0 atom stereocenters. The van der Waals surface area contributed by atoms with E-state index in [1.165, 1.54) is 0 Å². The molecular weight excluding hydrogens is 434 g/mol. The van der Waals surface area contributed by atoms with E-state index >= 15 is 0 Å². The van der Waals surface area contributed by atoms with Crippen LogP contribution in [0.1, 0.15) is 16.4 Å². The van der Waals surface area contributed by atoms with Gasteiger partial charge in [0.15, 0.2) is 0 Å². The molecule has 1 saturated heterocycles. The van der Waals surface area contributed by atoms with Crippen molar-refractivity contribution in [3.05, 3.63) is 66.2 Å². The summed E-state index contributed by atoms with van der Waals surface area (Å²) >= 11 is 0. The van der Waals surface area contributed by atoms with Crippen LogP contribution in [-0.4, -0.2) is 71.2 Å². The van der Waals surface area contributed by atoms with E-state index in [1.54, 1.807) is 20.3 Å². The van der Waals surface area contributed by atoms with Gasteiger partial charge in [-0.1, -0.05) is 11.2 Å². The first-order valence-corrected chi connectivity index (χ1v) is 11.1. The number of methoxy groups -OCH3 is 2. The average molecular weight is 460 g/mol. The highest BCUT2D eigenvalue weighted by molar-refractivity contribution is 5.95. The van der Waals surface area contributed by atoms with Crippen molar-refractivity contribution in [3.8, 4) is 22.9 Å². The van der Waals surface area contributed by atoms with E-state index in [1.807, 2.05) is 53.4 Å². The van der Waals surface area contributed by atoms with E-state index in [0.29, 0.717) is 37.0 Å². The van der Waals surface area contributed by atoms with E-state index in [9.17, 15) is 4.79 Å². The number of aromatic nitrogens is 3. The molecular formula is C25H25N5O4. The standard InChI is InChI=1S/C25H25N5O4/c1-32-19-6-3-17(4-7-19)24-27-23(34-28-24)16-29-11-13-30(14-12-29)25(31)22-9-5-18-15-20(33-2)8-10-21(18)26-22/h3-10,15H,11-14,16H2,1-2H3. The maximum absolute atomic E-state index is 13.0. The van der Waals surface area contributed by atoms with Crippen molar-refractivity contribution in [2.24, 2.45) is 0 Å². The van der Waals surface area contributed by atoms with E-state index in [0.717, 1.165) is 41.1 Å². The summed E-state index contributed by atoms with van der Waals surface area (Å²) in [5.74, 6) is 2.58. The zero-order chi connectivity index (χ0) is 23.5. The summed E-state index contributed by atoms with van der Waals surface area (Å²) < 4.78 is 15.9. The molecule has 0 aliphatic carbocycles. The maximum Gasteiger partial charge on any atom is 0.272 e. The van der Waals surface area contributed by atoms with Crippen molar-refractivity contribution in [1.82, 2.24) is 24.9 Å². The van der Waals surface area contributed by atoms with Crippen LogP contribution in [0, 0.1) is 0 Å². The number of ether oxygens (including phenoxy) is 2. The topological polar surface area (TPSA) is 93.8 Å². The minimum absolute atomic E-state index is 0.0584. The van der Waals surface area contributed by atoms with E-state index in [-0.39, 0.29) is 5.91 Å². The smallest absolute Gasteiger partial charge is 0.272 e. The summed E-state index contributed by atoms with van der Waals surface area (Å²) in [6.07, 6.45) is 0. The molecule has 174 valence electrons. The molecule has 1 amide bonds. The van der Waals surface area contributed by atoms with Gasteiger partial charge in [-0.2, -0.15) is 4.98 Å². The van der Waals surface area contributed by atoms with Crippen molar-refractivity contribution in [1.29, 1.82) is 0 Å². The van der Waals surface area contributed by atoms with Crippen molar-refractivity contribution >= 4 is 16.8 Å². The van der Waals surface area contributed by atoms with Crippen molar-refractivity contribution in [2.75, 3.05) is 40.4 Å². The van der Waals surface area contributed by atoms with E-state index in [2.05, 4.69) is 20.0 Å². The molecule has 0 radical (unpaired) electrons. The molecule has 0 saturated carbocycles. The van der Waals surface area contributed by atoms with Gasteiger partial charge in [0.1, 0.15) is 17.2 Å². The largest absolute Gasteiger partial charge is 0.497 e. The zero-order valence-electron chi connectivity index (χ0n) is 19.1. The van der Waals surface area contributed by atoms with Gasteiger partial charge in [0.05, 0.1) is 26.3 Å². The molecule has 1 aliphatic heterocycles. The van der Waals surface area contributed by atoms with Crippen LogP contribution in [0.15, 0.2) is 59.1 Å². The van der Waals surface area contributed by atoms with Crippen molar-refractivity contribution < 1.29 is 18.8 Å². The fourth-order valence-corrected chi connectivity index (χ4v) is 3.99. The molecule has 3 heterocycles. The highest BCUT2D eigenvalue weighted by Gasteiger charge is 2.24. The van der Waals surface area contributed by atoms with Gasteiger partial charge in [0.2, 0.25) is 11.7 Å². The fourth-order valence-electron chi connectivity index (χ4n) is 3.99. The molecule has 9 heteroatoms. The molecule has 2 aromatic heterocycles. The van der Waals surface area contributed by atoms with Gasteiger partial charge in [-0.25, -0.2) is 4.98 Å². The number of amides is 1. The van der Waals surface area contributed by atoms with Crippen LogP contribution in [0.25, 0.3) is 22.3 Å². The number of fused-ring (bicyclic) bond motifs is 1. The summed E-state index contributed by atoms with van der Waals surface area (Å²) in [6, 6.07) is 16.8. The number of benzene rings is 2. The Bertz CT molecular complexity index is 1300. The second-order valence-electron chi connectivity index (χ2n) is 8.06. The molecule has 0 spiro atoms. The Hall–Kier alpha value is -3.98. The highest BCUT2D eigenvalue weighted by atomic mass is 16.5. The first-order chi connectivity index (χ1) is 16.6. The number of piperazine rings is 1. The third kappa shape index (κ3) is 4.55. The Labute approximate surface area is 196 Å². The van der Waals surface area contributed by atoms with Crippen LogP contribution in [0.5, 0.6) is 11.5 Å². The number of carbonyl (C=O) groups excluding carboxylic acids is 1. The lowest BCUT2D eigenvalue weighted by Gasteiger charge is -2.33. The number of hydrogen-bond acceptors (Lipinski definition) is 8. The molecule has 0 bridgehead atoms. The first-order valence-electron chi connectivity index (χ1n) is 11.1. The molecule has 1 fully saturated rings. The lowest BCUT2D eigenvalue weighted by atomic mass is 10.2. The summed E-state index contributed by atoms with van der Waals surface area (Å²) in [4.78, 5) is 26.1. The Kier molecular flexibility index (Phi) is 6.09. The predicted octanol–water partition coefficient (Wildman–Crippen LogP) is 3.26. The minimum atomic E-state index is -0.0584. The molecule has 9 nitrogen and oxygen atoms in total. The molecule has 5 rings (SSSR count). The monoisotopic (exact) mass is 459 g/mol. The van der Waals surface area contributed by atoms with E-state index < -0.39 is 0 Å². The van der Waals surface area contributed by atoms with Gasteiger partial charge in [-0.3, -0.25) is 9.69 Å². The highest BCUT2D eigenvalue weighted by Crippen LogP contribution is 2.22. The summed E-state index contributed by atoms with van der Waals surface area (Å²) in [7, 11) is 3.26. The van der Waals surface area contributed by atoms with Crippen LogP contribution < -0.4 is 9.47 Å². The first kappa shape index (κ1) is 21.8. The number of hydrogen-bond donors (Lipinski definition) is 0. The quantitative estimate of drug-likeness (QED) is 0.434. The van der Waals surface area contributed by atoms with Crippen LogP contribution in [0.2, 0.25) is 0 Å². The van der Waals surface area contributed by atoms with Gasteiger partial charge in [0, 0.05) is 37.1 Å². The number of carbonyl (C=O) groups is 1. The minimum Gasteiger partial charge on any atom is -0.497 e. The Morgan fingerprint density at radius 3 is 2.38 bits per heavy atom. The van der Waals surface area contributed by atoms with Gasteiger partial charge in [-0.15, -0.1) is 0 Å². The van der Waals surface area contributed by atoms with Gasteiger partial charge in [0.25, 0.3) is 5.91 Å². The second kappa shape index (κ2) is 9.48. The van der Waals surface area contributed by atoms with Crippen molar-refractivity contribution in [3.63, 3.8) is 0 Å². The Morgan fingerprint density at radius 2 is 1.65 bits per heavy atom. The lowest BCUT2D eigenvalue weighted by Crippen LogP contribution is -2.48. The lowest BCUT2D eigenvalue weighted by molar-refractivity contribution is 0.0610. The molecule has 34 heavy (non-hydrogen) atoms.